The van der Waals surface area contributed by atoms with Crippen LogP contribution in [0.5, 0.6) is 0 Å². The summed E-state index contributed by atoms with van der Waals surface area (Å²) in [6.45, 7) is 8.78. The number of benzene rings is 2. The molecule has 1 saturated heterocycles. The lowest BCUT2D eigenvalue weighted by atomic mass is 10.0. The molecule has 7 nitrogen and oxygen atoms in total. The maximum Gasteiger partial charge on any atom is 0.173 e. The summed E-state index contributed by atoms with van der Waals surface area (Å²) in [5, 5.41) is 12.9. The zero-order valence-corrected chi connectivity index (χ0v) is 20.3. The molecule has 0 saturated carbocycles. The van der Waals surface area contributed by atoms with Gasteiger partial charge in [0.1, 0.15) is 0 Å². The average molecular weight is 475 g/mol. The van der Waals surface area contributed by atoms with Gasteiger partial charge in [0.2, 0.25) is 0 Å². The molecule has 0 bridgehead atoms. The van der Waals surface area contributed by atoms with Crippen LogP contribution in [0.4, 0.5) is 5.69 Å². The van der Waals surface area contributed by atoms with Gasteiger partial charge in [0.25, 0.3) is 0 Å². The molecule has 8 heteroatoms. The summed E-state index contributed by atoms with van der Waals surface area (Å²) in [6, 6.07) is 21.2. The molecule has 176 valence electrons. The SMILES string of the molecule is Cc1ccc(C)c(N2CCN(C(c3ccncc3)c3nnnn3Cc3ccccc3)CC2)c1.[Cl-]. The van der Waals surface area contributed by atoms with Crippen LogP contribution in [0, 0.1) is 13.8 Å². The summed E-state index contributed by atoms with van der Waals surface area (Å²) in [4.78, 5) is 9.21. The number of piperazine rings is 1. The van der Waals surface area contributed by atoms with Gasteiger partial charge in [-0.2, -0.15) is 0 Å². The summed E-state index contributed by atoms with van der Waals surface area (Å²) in [5.41, 5.74) is 6.30. The normalized spacial score (nSPS) is 15.1. The predicted octanol–water partition coefficient (Wildman–Crippen LogP) is 0.649. The van der Waals surface area contributed by atoms with Gasteiger partial charge < -0.3 is 17.3 Å². The minimum absolute atomic E-state index is 0. The van der Waals surface area contributed by atoms with Crippen LogP contribution in [-0.4, -0.2) is 56.3 Å². The molecule has 1 aliphatic heterocycles. The summed E-state index contributed by atoms with van der Waals surface area (Å²) >= 11 is 0. The third-order valence-corrected chi connectivity index (χ3v) is 6.39. The minimum Gasteiger partial charge on any atom is -1.00 e. The van der Waals surface area contributed by atoms with Gasteiger partial charge in [-0.25, -0.2) is 4.68 Å². The molecule has 34 heavy (non-hydrogen) atoms. The molecule has 2 aromatic carbocycles. The van der Waals surface area contributed by atoms with E-state index in [1.54, 1.807) is 0 Å². The van der Waals surface area contributed by atoms with E-state index in [0.717, 1.165) is 37.6 Å². The maximum absolute atomic E-state index is 4.49. The van der Waals surface area contributed by atoms with Gasteiger partial charge in [0.15, 0.2) is 5.82 Å². The van der Waals surface area contributed by atoms with E-state index in [1.165, 1.54) is 22.4 Å². The molecule has 1 fully saturated rings. The fraction of sp³-hybridized carbons (Fsp3) is 0.308. The van der Waals surface area contributed by atoms with Crippen LogP contribution >= 0.6 is 0 Å². The Labute approximate surface area is 206 Å². The van der Waals surface area contributed by atoms with Crippen LogP contribution in [0.2, 0.25) is 0 Å². The molecule has 1 unspecified atom stereocenters. The van der Waals surface area contributed by atoms with E-state index in [1.807, 2.05) is 35.3 Å². The molecular formula is C26H29ClN7-. The number of aromatic nitrogens is 5. The standard InChI is InChI=1S/C26H29N7.ClH/c1-20-8-9-21(2)24(18-20)31-14-16-32(17-15-31)25(23-10-12-27-13-11-23)26-28-29-30-33(26)19-22-6-4-3-5-7-22;/h3-13,18,25H,14-17,19H2,1-2H3;1H/p-1. The Kier molecular flexibility index (Phi) is 7.55. The number of hydrogen-bond acceptors (Lipinski definition) is 6. The monoisotopic (exact) mass is 474 g/mol. The van der Waals surface area contributed by atoms with Crippen molar-refractivity contribution < 1.29 is 12.4 Å². The molecule has 0 spiro atoms. The largest absolute Gasteiger partial charge is 1.00 e. The van der Waals surface area contributed by atoms with E-state index in [-0.39, 0.29) is 18.4 Å². The van der Waals surface area contributed by atoms with Crippen molar-refractivity contribution in [3.05, 3.63) is 101 Å². The van der Waals surface area contributed by atoms with Crippen LogP contribution < -0.4 is 17.3 Å². The number of anilines is 1. The summed E-state index contributed by atoms with van der Waals surface area (Å²) in [5.74, 6) is 0.866. The number of halogens is 1. The van der Waals surface area contributed by atoms with Gasteiger partial charge in [-0.1, -0.05) is 42.5 Å². The summed E-state index contributed by atoms with van der Waals surface area (Å²) in [6.07, 6.45) is 3.69. The molecule has 3 heterocycles. The molecule has 0 N–H and O–H groups in total. The lowest BCUT2D eigenvalue weighted by Crippen LogP contribution is -3.00. The fourth-order valence-electron chi connectivity index (χ4n) is 4.63. The second kappa shape index (κ2) is 10.8. The maximum atomic E-state index is 4.49. The third-order valence-electron chi connectivity index (χ3n) is 6.39. The highest BCUT2D eigenvalue weighted by Gasteiger charge is 2.31. The Bertz CT molecular complexity index is 1190. The first-order chi connectivity index (χ1) is 16.2. The molecule has 2 aromatic heterocycles. The van der Waals surface area contributed by atoms with Crippen molar-refractivity contribution in [2.75, 3.05) is 31.1 Å². The van der Waals surface area contributed by atoms with Crippen molar-refractivity contribution in [2.45, 2.75) is 26.4 Å². The molecular weight excluding hydrogens is 446 g/mol. The number of nitrogens with zero attached hydrogens (tertiary/aromatic N) is 7. The zero-order chi connectivity index (χ0) is 22.6. The highest BCUT2D eigenvalue weighted by molar-refractivity contribution is 5.55. The van der Waals surface area contributed by atoms with Crippen molar-refractivity contribution in [1.29, 1.82) is 0 Å². The fourth-order valence-corrected chi connectivity index (χ4v) is 4.63. The topological polar surface area (TPSA) is 63.0 Å². The quantitative estimate of drug-likeness (QED) is 0.409. The van der Waals surface area contributed by atoms with Crippen LogP contribution in [-0.2, 0) is 6.54 Å². The second-order valence-electron chi connectivity index (χ2n) is 8.68. The van der Waals surface area contributed by atoms with Crippen LogP contribution in [0.1, 0.15) is 34.1 Å². The Morgan fingerprint density at radius 3 is 2.35 bits per heavy atom. The zero-order valence-electron chi connectivity index (χ0n) is 19.5. The van der Waals surface area contributed by atoms with Crippen molar-refractivity contribution in [2.24, 2.45) is 0 Å². The van der Waals surface area contributed by atoms with E-state index in [9.17, 15) is 0 Å². The van der Waals surface area contributed by atoms with Crippen molar-refractivity contribution in [1.82, 2.24) is 30.1 Å². The molecule has 0 radical (unpaired) electrons. The van der Waals surface area contributed by atoms with Gasteiger partial charge in [0, 0.05) is 44.3 Å². The molecule has 1 atom stereocenters. The van der Waals surface area contributed by atoms with E-state index in [4.69, 9.17) is 0 Å². The van der Waals surface area contributed by atoms with Gasteiger partial charge in [-0.15, -0.1) is 5.10 Å². The Morgan fingerprint density at radius 1 is 0.882 bits per heavy atom. The van der Waals surface area contributed by atoms with E-state index >= 15 is 0 Å². The number of hydrogen-bond donors (Lipinski definition) is 0. The predicted molar refractivity (Wildman–Crippen MR) is 129 cm³/mol. The van der Waals surface area contributed by atoms with Gasteiger partial charge in [0.05, 0.1) is 12.6 Å². The lowest BCUT2D eigenvalue weighted by molar-refractivity contribution is -0.00000695. The Balaban J connectivity index is 0.00000274. The molecule has 1 aliphatic rings. The minimum atomic E-state index is -0.0209. The summed E-state index contributed by atoms with van der Waals surface area (Å²) in [7, 11) is 0. The first kappa shape index (κ1) is 23.9. The molecule has 0 aliphatic carbocycles. The number of tetrazole rings is 1. The Morgan fingerprint density at radius 2 is 1.62 bits per heavy atom. The van der Waals surface area contributed by atoms with Crippen LogP contribution in [0.3, 0.4) is 0 Å². The van der Waals surface area contributed by atoms with E-state index < -0.39 is 0 Å². The van der Waals surface area contributed by atoms with Crippen LogP contribution in [0.15, 0.2) is 73.1 Å². The van der Waals surface area contributed by atoms with Crippen molar-refractivity contribution in [3.8, 4) is 0 Å². The number of aryl methyl sites for hydroxylation is 2. The van der Waals surface area contributed by atoms with Crippen LogP contribution in [0.25, 0.3) is 0 Å². The lowest BCUT2D eigenvalue weighted by Gasteiger charge is -2.40. The smallest absolute Gasteiger partial charge is 0.173 e. The third kappa shape index (κ3) is 5.11. The van der Waals surface area contributed by atoms with Crippen molar-refractivity contribution in [3.63, 3.8) is 0 Å². The molecule has 4 aromatic rings. The number of rotatable bonds is 6. The first-order valence-corrected chi connectivity index (χ1v) is 11.5. The first-order valence-electron chi connectivity index (χ1n) is 11.5. The van der Waals surface area contributed by atoms with Crippen molar-refractivity contribution >= 4 is 5.69 Å². The highest BCUT2D eigenvalue weighted by Crippen LogP contribution is 2.30. The second-order valence-corrected chi connectivity index (χ2v) is 8.68. The van der Waals surface area contributed by atoms with E-state index in [2.05, 4.69) is 86.6 Å². The summed E-state index contributed by atoms with van der Waals surface area (Å²) < 4.78 is 1.93. The molecule has 0 amide bonds. The highest BCUT2D eigenvalue weighted by atomic mass is 35.5. The molecule has 5 rings (SSSR count). The van der Waals surface area contributed by atoms with Gasteiger partial charge in [-0.3, -0.25) is 9.88 Å². The van der Waals surface area contributed by atoms with Gasteiger partial charge in [-0.05, 0) is 64.7 Å². The number of pyridine rings is 1. The average Bonchev–Trinajstić information content (AvgIpc) is 3.30. The van der Waals surface area contributed by atoms with E-state index in [0.29, 0.717) is 6.54 Å². The Hall–Kier alpha value is -3.29. The van der Waals surface area contributed by atoms with Gasteiger partial charge >= 0.3 is 0 Å².